The molecule has 0 bridgehead atoms. The van der Waals surface area contributed by atoms with Crippen LogP contribution in [-0.4, -0.2) is 42.2 Å². The highest BCUT2D eigenvalue weighted by Crippen LogP contribution is 2.17. The Hall–Kier alpha value is -1.49. The van der Waals surface area contributed by atoms with Crippen molar-refractivity contribution in [2.75, 3.05) is 25.4 Å². The van der Waals surface area contributed by atoms with Gasteiger partial charge >= 0.3 is 5.97 Å². The van der Waals surface area contributed by atoms with Gasteiger partial charge in [0.1, 0.15) is 6.54 Å². The van der Waals surface area contributed by atoms with Gasteiger partial charge in [-0.3, -0.25) is 9.59 Å². The van der Waals surface area contributed by atoms with Crippen LogP contribution in [0.4, 0.5) is 0 Å². The Labute approximate surface area is 118 Å². The third-order valence-electron chi connectivity index (χ3n) is 2.47. The molecule has 19 heavy (non-hydrogen) atoms. The van der Waals surface area contributed by atoms with Crippen LogP contribution >= 0.6 is 11.8 Å². The van der Waals surface area contributed by atoms with E-state index in [1.54, 1.807) is 6.92 Å². The quantitative estimate of drug-likeness (QED) is 0.568. The second-order valence-corrected chi connectivity index (χ2v) is 4.86. The van der Waals surface area contributed by atoms with Crippen molar-refractivity contribution in [3.05, 3.63) is 30.3 Å². The first-order valence-corrected chi connectivity index (χ1v) is 7.27. The Morgan fingerprint density at radius 2 is 1.89 bits per heavy atom. The fourth-order valence-electron chi connectivity index (χ4n) is 1.49. The van der Waals surface area contributed by atoms with Crippen molar-refractivity contribution in [2.45, 2.75) is 18.7 Å². The van der Waals surface area contributed by atoms with Crippen LogP contribution in [0.2, 0.25) is 0 Å². The molecule has 0 aromatic heterocycles. The van der Waals surface area contributed by atoms with Gasteiger partial charge in [-0.25, -0.2) is 0 Å². The summed E-state index contributed by atoms with van der Waals surface area (Å²) in [6.07, 6.45) is 0. The van der Waals surface area contributed by atoms with E-state index < -0.39 is 0 Å². The molecule has 0 saturated carbocycles. The topological polar surface area (TPSA) is 46.6 Å². The predicted octanol–water partition coefficient (Wildman–Crippen LogP) is 2.19. The van der Waals surface area contributed by atoms with Gasteiger partial charge in [0.25, 0.3) is 0 Å². The number of carbonyl (C=O) groups excluding carboxylic acids is 2. The number of amides is 1. The van der Waals surface area contributed by atoms with E-state index >= 15 is 0 Å². The number of esters is 1. The fraction of sp³-hybridized carbons (Fsp3) is 0.429. The van der Waals surface area contributed by atoms with E-state index in [0.717, 1.165) is 4.90 Å². The van der Waals surface area contributed by atoms with E-state index in [0.29, 0.717) is 18.9 Å². The minimum atomic E-state index is -0.359. The lowest BCUT2D eigenvalue weighted by atomic mass is 10.4. The summed E-state index contributed by atoms with van der Waals surface area (Å²) in [5, 5.41) is 0. The van der Waals surface area contributed by atoms with E-state index in [2.05, 4.69) is 0 Å². The van der Waals surface area contributed by atoms with Crippen LogP contribution in [0, 0.1) is 0 Å². The normalized spacial score (nSPS) is 10.0. The van der Waals surface area contributed by atoms with Crippen molar-refractivity contribution in [3.8, 4) is 0 Å². The molecule has 4 nitrogen and oxygen atoms in total. The van der Waals surface area contributed by atoms with Gasteiger partial charge in [-0.05, 0) is 26.0 Å². The van der Waals surface area contributed by atoms with Gasteiger partial charge in [0.05, 0.1) is 12.4 Å². The van der Waals surface area contributed by atoms with Crippen LogP contribution in [0.1, 0.15) is 13.8 Å². The van der Waals surface area contributed by atoms with E-state index in [-0.39, 0.29) is 18.4 Å². The van der Waals surface area contributed by atoms with E-state index in [9.17, 15) is 9.59 Å². The fourth-order valence-corrected chi connectivity index (χ4v) is 2.31. The molecule has 0 aliphatic rings. The van der Waals surface area contributed by atoms with E-state index in [4.69, 9.17) is 4.74 Å². The summed E-state index contributed by atoms with van der Waals surface area (Å²) >= 11 is 1.47. The maximum absolute atomic E-state index is 12.0. The molecular weight excluding hydrogens is 262 g/mol. The lowest BCUT2D eigenvalue weighted by Gasteiger charge is -2.19. The second-order valence-electron chi connectivity index (χ2n) is 3.81. The number of benzene rings is 1. The number of hydrogen-bond acceptors (Lipinski definition) is 4. The molecule has 0 radical (unpaired) electrons. The first kappa shape index (κ1) is 15.6. The Bertz CT molecular complexity index is 408. The third kappa shape index (κ3) is 5.79. The van der Waals surface area contributed by atoms with Gasteiger partial charge < -0.3 is 9.64 Å². The summed E-state index contributed by atoms with van der Waals surface area (Å²) in [5.74, 6) is -0.0797. The number of thioether (sulfide) groups is 1. The summed E-state index contributed by atoms with van der Waals surface area (Å²) in [6.45, 7) is 4.47. The Balaban J connectivity index is 2.43. The van der Waals surface area contributed by atoms with Crippen molar-refractivity contribution < 1.29 is 14.3 Å². The minimum absolute atomic E-state index is 0.0263. The molecule has 104 valence electrons. The molecule has 0 N–H and O–H groups in total. The van der Waals surface area contributed by atoms with Crippen molar-refractivity contribution in [2.24, 2.45) is 0 Å². The van der Waals surface area contributed by atoms with Crippen LogP contribution < -0.4 is 0 Å². The van der Waals surface area contributed by atoms with Crippen molar-refractivity contribution in [1.82, 2.24) is 4.90 Å². The zero-order chi connectivity index (χ0) is 14.1. The van der Waals surface area contributed by atoms with Crippen molar-refractivity contribution in [1.29, 1.82) is 0 Å². The van der Waals surface area contributed by atoms with E-state index in [1.807, 2.05) is 37.3 Å². The molecular formula is C14H19NO3S. The van der Waals surface area contributed by atoms with Gasteiger partial charge in [0, 0.05) is 11.4 Å². The molecule has 1 amide bonds. The zero-order valence-electron chi connectivity index (χ0n) is 11.3. The summed E-state index contributed by atoms with van der Waals surface area (Å²) < 4.78 is 4.85. The number of likely N-dealkylation sites (N-methyl/N-ethyl adjacent to an activating group) is 1. The molecule has 0 aliphatic carbocycles. The number of rotatable bonds is 7. The molecule has 1 aromatic rings. The minimum Gasteiger partial charge on any atom is -0.465 e. The van der Waals surface area contributed by atoms with Crippen molar-refractivity contribution >= 4 is 23.6 Å². The number of ether oxygens (including phenoxy) is 1. The predicted molar refractivity (Wildman–Crippen MR) is 76.1 cm³/mol. The monoisotopic (exact) mass is 281 g/mol. The molecule has 5 heteroatoms. The van der Waals surface area contributed by atoms with Gasteiger partial charge in [-0.2, -0.15) is 0 Å². The highest BCUT2D eigenvalue weighted by atomic mass is 32.2. The number of hydrogen-bond donors (Lipinski definition) is 0. The Morgan fingerprint density at radius 3 is 2.47 bits per heavy atom. The largest absolute Gasteiger partial charge is 0.465 e. The maximum atomic E-state index is 12.0. The third-order valence-corrected chi connectivity index (χ3v) is 3.46. The van der Waals surface area contributed by atoms with Crippen LogP contribution in [0.15, 0.2) is 35.2 Å². The van der Waals surface area contributed by atoms with Gasteiger partial charge in [-0.15, -0.1) is 11.8 Å². The molecule has 1 rings (SSSR count). The molecule has 1 aromatic carbocycles. The average molecular weight is 281 g/mol. The van der Waals surface area contributed by atoms with Crippen LogP contribution in [-0.2, 0) is 14.3 Å². The maximum Gasteiger partial charge on any atom is 0.325 e. The van der Waals surface area contributed by atoms with Crippen LogP contribution in [0.5, 0.6) is 0 Å². The molecule has 0 heterocycles. The first-order chi connectivity index (χ1) is 9.17. The molecule has 0 aliphatic heterocycles. The first-order valence-electron chi connectivity index (χ1n) is 6.28. The van der Waals surface area contributed by atoms with Gasteiger partial charge in [0.2, 0.25) is 5.91 Å². The second kappa shape index (κ2) is 8.58. The lowest BCUT2D eigenvalue weighted by Crippen LogP contribution is -2.37. The highest BCUT2D eigenvalue weighted by Gasteiger charge is 2.16. The number of carbonyl (C=O) groups is 2. The SMILES string of the molecule is CCOC(=O)CN(CC)C(=O)CSc1ccccc1. The average Bonchev–Trinajstić information content (AvgIpc) is 2.43. The Morgan fingerprint density at radius 1 is 1.21 bits per heavy atom. The molecule has 0 atom stereocenters. The molecule has 0 unspecified atom stereocenters. The highest BCUT2D eigenvalue weighted by molar-refractivity contribution is 8.00. The molecule has 0 fully saturated rings. The summed E-state index contributed by atoms with van der Waals surface area (Å²) in [5.41, 5.74) is 0. The van der Waals surface area contributed by atoms with Crippen molar-refractivity contribution in [3.63, 3.8) is 0 Å². The molecule has 0 spiro atoms. The summed E-state index contributed by atoms with van der Waals surface area (Å²) in [6, 6.07) is 9.72. The van der Waals surface area contributed by atoms with Crippen LogP contribution in [0.25, 0.3) is 0 Å². The summed E-state index contributed by atoms with van der Waals surface area (Å²) in [7, 11) is 0. The standard InChI is InChI=1S/C14H19NO3S/c1-3-15(10-14(17)18-4-2)13(16)11-19-12-8-6-5-7-9-12/h5-9H,3-4,10-11H2,1-2H3. The number of nitrogens with zero attached hydrogens (tertiary/aromatic N) is 1. The van der Waals surface area contributed by atoms with E-state index in [1.165, 1.54) is 16.7 Å². The zero-order valence-corrected chi connectivity index (χ0v) is 12.1. The van der Waals surface area contributed by atoms with Gasteiger partial charge in [0.15, 0.2) is 0 Å². The smallest absolute Gasteiger partial charge is 0.325 e. The molecule has 0 saturated heterocycles. The van der Waals surface area contributed by atoms with Gasteiger partial charge in [-0.1, -0.05) is 18.2 Å². The summed E-state index contributed by atoms with van der Waals surface area (Å²) in [4.78, 5) is 25.9. The Kier molecular flexibility index (Phi) is 7.03. The van der Waals surface area contributed by atoms with Crippen LogP contribution in [0.3, 0.4) is 0 Å². The lowest BCUT2D eigenvalue weighted by molar-refractivity contribution is -0.148.